The Balaban J connectivity index is 3.27. The molecule has 1 amide bonds. The van der Waals surface area contributed by atoms with Gasteiger partial charge in [-0.15, -0.1) is 0 Å². The lowest BCUT2D eigenvalue weighted by molar-refractivity contribution is 0.0998. The van der Waals surface area contributed by atoms with E-state index in [9.17, 15) is 4.79 Å². The second kappa shape index (κ2) is 3.87. The maximum atomic E-state index is 11.0. The molecule has 3 nitrogen and oxygen atoms in total. The molecule has 0 aliphatic carbocycles. The van der Waals surface area contributed by atoms with E-state index in [1.165, 1.54) is 0 Å². The van der Waals surface area contributed by atoms with Gasteiger partial charge in [0.25, 0.3) is 5.91 Å². The van der Waals surface area contributed by atoms with Crippen LogP contribution in [0.15, 0.2) is 16.7 Å². The van der Waals surface area contributed by atoms with E-state index in [-0.39, 0.29) is 5.92 Å². The number of rotatable bonds is 2. The number of carbonyl (C=O) groups excluding carboxylic acids is 1. The molecule has 1 heterocycles. The highest BCUT2D eigenvalue weighted by atomic mass is 79.9. The Morgan fingerprint density at radius 1 is 1.62 bits per heavy atom. The molecule has 1 aromatic rings. The maximum Gasteiger partial charge on any atom is 0.250 e. The minimum atomic E-state index is -0.433. The molecule has 0 saturated heterocycles. The fraction of sp³-hybridized carbons (Fsp3) is 0.333. The number of hydrogen-bond donors (Lipinski definition) is 1. The number of carbonyl (C=O) groups is 1. The van der Waals surface area contributed by atoms with E-state index in [1.807, 2.05) is 13.8 Å². The molecule has 0 aliphatic rings. The van der Waals surface area contributed by atoms with Gasteiger partial charge in [-0.1, -0.05) is 13.8 Å². The normalized spacial score (nSPS) is 10.5. The fourth-order valence-corrected chi connectivity index (χ4v) is 1.44. The van der Waals surface area contributed by atoms with Gasteiger partial charge in [-0.3, -0.25) is 9.78 Å². The number of pyridine rings is 1. The third kappa shape index (κ3) is 2.28. The van der Waals surface area contributed by atoms with Crippen LogP contribution >= 0.6 is 15.9 Å². The zero-order valence-corrected chi connectivity index (χ0v) is 9.13. The summed E-state index contributed by atoms with van der Waals surface area (Å²) in [4.78, 5) is 15.2. The Labute approximate surface area is 85.5 Å². The minimum absolute atomic E-state index is 0.204. The first-order chi connectivity index (χ1) is 6.02. The molecule has 0 atom stereocenters. The molecule has 1 aromatic heterocycles. The van der Waals surface area contributed by atoms with Gasteiger partial charge in [0.05, 0.1) is 11.3 Å². The van der Waals surface area contributed by atoms with Crippen LogP contribution in [0.5, 0.6) is 0 Å². The van der Waals surface area contributed by atoms with Crippen molar-refractivity contribution in [3.63, 3.8) is 0 Å². The van der Waals surface area contributed by atoms with Gasteiger partial charge in [-0.25, -0.2) is 0 Å². The number of halogens is 1. The summed E-state index contributed by atoms with van der Waals surface area (Å²) in [6.07, 6.45) is 1.67. The average molecular weight is 243 g/mol. The van der Waals surface area contributed by atoms with Gasteiger partial charge in [0.2, 0.25) is 0 Å². The molecular weight excluding hydrogens is 232 g/mol. The van der Waals surface area contributed by atoms with Crippen LogP contribution in [0, 0.1) is 0 Å². The summed E-state index contributed by atoms with van der Waals surface area (Å²) in [5.41, 5.74) is 6.46. The number of hydrogen-bond acceptors (Lipinski definition) is 2. The third-order valence-corrected chi connectivity index (χ3v) is 2.13. The van der Waals surface area contributed by atoms with Gasteiger partial charge in [-0.05, 0) is 27.9 Å². The molecule has 13 heavy (non-hydrogen) atoms. The van der Waals surface area contributed by atoms with E-state index < -0.39 is 5.91 Å². The van der Waals surface area contributed by atoms with Crippen molar-refractivity contribution in [2.45, 2.75) is 19.8 Å². The van der Waals surface area contributed by atoms with E-state index in [0.717, 1.165) is 10.2 Å². The van der Waals surface area contributed by atoms with Crippen LogP contribution in [0.4, 0.5) is 0 Å². The molecule has 70 valence electrons. The summed E-state index contributed by atoms with van der Waals surface area (Å²) in [5, 5.41) is 0. The van der Waals surface area contributed by atoms with Crippen LogP contribution in [0.1, 0.15) is 35.8 Å². The number of amides is 1. The Morgan fingerprint density at radius 3 is 2.69 bits per heavy atom. The van der Waals surface area contributed by atoms with Gasteiger partial charge in [-0.2, -0.15) is 0 Å². The van der Waals surface area contributed by atoms with Crippen LogP contribution in [0.25, 0.3) is 0 Å². The smallest absolute Gasteiger partial charge is 0.250 e. The van der Waals surface area contributed by atoms with E-state index in [0.29, 0.717) is 5.56 Å². The molecule has 0 radical (unpaired) electrons. The highest BCUT2D eigenvalue weighted by Crippen LogP contribution is 2.19. The fourth-order valence-electron chi connectivity index (χ4n) is 1.11. The Morgan fingerprint density at radius 2 is 2.23 bits per heavy atom. The number of nitrogens with two attached hydrogens (primary N) is 1. The van der Waals surface area contributed by atoms with Crippen LogP contribution in [-0.4, -0.2) is 10.9 Å². The molecular formula is C9H11BrN2O. The lowest BCUT2D eigenvalue weighted by Crippen LogP contribution is -2.15. The quantitative estimate of drug-likeness (QED) is 0.864. The van der Waals surface area contributed by atoms with Crippen LogP contribution in [0.2, 0.25) is 0 Å². The lowest BCUT2D eigenvalue weighted by Gasteiger charge is -2.08. The third-order valence-electron chi connectivity index (χ3n) is 1.70. The van der Waals surface area contributed by atoms with Gasteiger partial charge in [0.1, 0.15) is 0 Å². The highest BCUT2D eigenvalue weighted by molar-refractivity contribution is 9.10. The lowest BCUT2D eigenvalue weighted by atomic mass is 10.0. The summed E-state index contributed by atoms with van der Waals surface area (Å²) < 4.78 is 0.769. The van der Waals surface area contributed by atoms with Crippen molar-refractivity contribution < 1.29 is 4.79 Å². The second-order valence-corrected chi connectivity index (χ2v) is 4.02. The molecule has 0 spiro atoms. The zero-order valence-electron chi connectivity index (χ0n) is 7.54. The van der Waals surface area contributed by atoms with Crippen molar-refractivity contribution in [3.05, 3.63) is 28.0 Å². The first-order valence-electron chi connectivity index (χ1n) is 3.97. The predicted molar refractivity (Wildman–Crippen MR) is 54.5 cm³/mol. The molecule has 0 unspecified atom stereocenters. The first-order valence-corrected chi connectivity index (χ1v) is 4.77. The topological polar surface area (TPSA) is 56.0 Å². The largest absolute Gasteiger partial charge is 0.366 e. The van der Waals surface area contributed by atoms with Gasteiger partial charge in [0.15, 0.2) is 0 Å². The average Bonchev–Trinajstić information content (AvgIpc) is 2.03. The van der Waals surface area contributed by atoms with Gasteiger partial charge in [0, 0.05) is 10.7 Å². The van der Waals surface area contributed by atoms with Crippen molar-refractivity contribution in [1.29, 1.82) is 0 Å². The number of primary amides is 1. The standard InChI is InChI=1S/C9H11BrN2O/c1-5(2)8-7(9(11)13)3-6(10)4-12-8/h3-5H,1-2H3,(H2,11,13). The van der Waals surface area contributed by atoms with Gasteiger partial charge < -0.3 is 5.73 Å². The Hall–Kier alpha value is -0.900. The number of aromatic nitrogens is 1. The maximum absolute atomic E-state index is 11.0. The summed E-state index contributed by atoms with van der Waals surface area (Å²) in [7, 11) is 0. The summed E-state index contributed by atoms with van der Waals surface area (Å²) in [6, 6.07) is 1.70. The van der Waals surface area contributed by atoms with E-state index >= 15 is 0 Å². The van der Waals surface area contributed by atoms with E-state index in [4.69, 9.17) is 5.73 Å². The molecule has 0 bridgehead atoms. The van der Waals surface area contributed by atoms with Crippen molar-refractivity contribution >= 4 is 21.8 Å². The second-order valence-electron chi connectivity index (χ2n) is 3.11. The number of nitrogens with zero attached hydrogens (tertiary/aromatic N) is 1. The minimum Gasteiger partial charge on any atom is -0.366 e. The van der Waals surface area contributed by atoms with Crippen molar-refractivity contribution in [1.82, 2.24) is 4.98 Å². The molecule has 4 heteroatoms. The summed E-state index contributed by atoms with van der Waals surface area (Å²) in [5.74, 6) is -0.229. The Bertz CT molecular complexity index is 336. The summed E-state index contributed by atoms with van der Waals surface area (Å²) >= 11 is 3.24. The molecule has 1 rings (SSSR count). The van der Waals surface area contributed by atoms with E-state index in [2.05, 4.69) is 20.9 Å². The SMILES string of the molecule is CC(C)c1ncc(Br)cc1C(N)=O. The van der Waals surface area contributed by atoms with Crippen LogP contribution < -0.4 is 5.73 Å². The molecule has 0 aromatic carbocycles. The monoisotopic (exact) mass is 242 g/mol. The molecule has 2 N–H and O–H groups in total. The summed E-state index contributed by atoms with van der Waals surface area (Å²) in [6.45, 7) is 3.95. The van der Waals surface area contributed by atoms with Crippen molar-refractivity contribution in [3.8, 4) is 0 Å². The molecule has 0 saturated carbocycles. The van der Waals surface area contributed by atoms with Crippen molar-refractivity contribution in [2.24, 2.45) is 5.73 Å². The van der Waals surface area contributed by atoms with Crippen LogP contribution in [0.3, 0.4) is 0 Å². The zero-order chi connectivity index (χ0) is 10.0. The predicted octanol–water partition coefficient (Wildman–Crippen LogP) is 2.07. The highest BCUT2D eigenvalue weighted by Gasteiger charge is 2.12. The van der Waals surface area contributed by atoms with Crippen molar-refractivity contribution in [2.75, 3.05) is 0 Å². The molecule has 0 fully saturated rings. The molecule has 0 aliphatic heterocycles. The van der Waals surface area contributed by atoms with Gasteiger partial charge >= 0.3 is 0 Å². The first kappa shape index (κ1) is 10.2. The van der Waals surface area contributed by atoms with E-state index in [1.54, 1.807) is 12.3 Å². The van der Waals surface area contributed by atoms with Crippen LogP contribution in [-0.2, 0) is 0 Å². The Kier molecular flexibility index (Phi) is 3.03.